The first kappa shape index (κ1) is 19.6. The first-order valence-electron chi connectivity index (χ1n) is 9.03. The number of aryl methyl sites for hydroxylation is 1. The van der Waals surface area contributed by atoms with Crippen LogP contribution < -0.4 is 9.47 Å². The molecule has 0 radical (unpaired) electrons. The van der Waals surface area contributed by atoms with Gasteiger partial charge in [0.15, 0.2) is 0 Å². The van der Waals surface area contributed by atoms with Gasteiger partial charge in [0.2, 0.25) is 0 Å². The van der Waals surface area contributed by atoms with Crippen molar-refractivity contribution in [2.24, 2.45) is 0 Å². The first-order chi connectivity index (χ1) is 13.3. The Bertz CT molecular complexity index is 967. The molecule has 28 heavy (non-hydrogen) atoms. The second-order valence-electron chi connectivity index (χ2n) is 6.78. The predicted octanol–water partition coefficient (Wildman–Crippen LogP) is 3.98. The quantitative estimate of drug-likeness (QED) is 0.643. The molecule has 0 saturated carbocycles. The highest BCUT2D eigenvalue weighted by molar-refractivity contribution is 5.94. The number of hydrogen-bond acceptors (Lipinski definition) is 5. The van der Waals surface area contributed by atoms with Gasteiger partial charge in [0.1, 0.15) is 11.5 Å². The summed E-state index contributed by atoms with van der Waals surface area (Å²) in [6.07, 6.45) is 4.57. The maximum absolute atomic E-state index is 12.3. The van der Waals surface area contributed by atoms with Gasteiger partial charge < -0.3 is 14.6 Å². The van der Waals surface area contributed by atoms with E-state index in [2.05, 4.69) is 0 Å². The van der Waals surface area contributed by atoms with Gasteiger partial charge in [0.05, 0.1) is 17.2 Å². The fourth-order valence-electron chi connectivity index (χ4n) is 2.76. The van der Waals surface area contributed by atoms with Crippen molar-refractivity contribution >= 4 is 11.9 Å². The summed E-state index contributed by atoms with van der Waals surface area (Å²) < 4.78 is 11.0. The summed E-state index contributed by atoms with van der Waals surface area (Å²) in [5, 5.41) is 9.45. The number of esters is 2. The molecule has 5 heteroatoms. The summed E-state index contributed by atoms with van der Waals surface area (Å²) in [7, 11) is 0. The maximum Gasteiger partial charge on any atom is 0.343 e. The lowest BCUT2D eigenvalue weighted by Crippen LogP contribution is -2.15. The van der Waals surface area contributed by atoms with E-state index in [1.54, 1.807) is 56.3 Å². The fourth-order valence-corrected chi connectivity index (χ4v) is 2.76. The Morgan fingerprint density at radius 1 is 0.893 bits per heavy atom. The molecule has 0 fully saturated rings. The lowest BCUT2D eigenvalue weighted by Gasteiger charge is -2.15. The Morgan fingerprint density at radius 2 is 1.46 bits per heavy atom. The van der Waals surface area contributed by atoms with Crippen LogP contribution in [0.25, 0.3) is 0 Å². The van der Waals surface area contributed by atoms with Gasteiger partial charge >= 0.3 is 11.9 Å². The van der Waals surface area contributed by atoms with E-state index in [0.29, 0.717) is 40.2 Å². The average Bonchev–Trinajstić information content (AvgIpc) is 2.68. The zero-order chi connectivity index (χ0) is 20.3. The molecule has 0 heterocycles. The van der Waals surface area contributed by atoms with E-state index in [-0.39, 0.29) is 0 Å². The van der Waals surface area contributed by atoms with Gasteiger partial charge in [0, 0.05) is 0 Å². The SMILES string of the molecule is Cc1ccc(C(=O)Oc2ccc(OC(=O)C3=CCC(O)C=C3)c(C)c2C)cc1. The van der Waals surface area contributed by atoms with Crippen molar-refractivity contribution in [3.63, 3.8) is 0 Å². The Labute approximate surface area is 163 Å². The van der Waals surface area contributed by atoms with Crippen LogP contribution in [0, 0.1) is 20.8 Å². The minimum Gasteiger partial charge on any atom is -0.423 e. The van der Waals surface area contributed by atoms with Crippen LogP contribution in [0.15, 0.2) is 60.2 Å². The molecular formula is C23H22O5. The van der Waals surface area contributed by atoms with Crippen LogP contribution >= 0.6 is 0 Å². The Morgan fingerprint density at radius 3 is 2.00 bits per heavy atom. The number of carbonyl (C=O) groups is 2. The number of ether oxygens (including phenoxy) is 2. The summed E-state index contributed by atoms with van der Waals surface area (Å²) >= 11 is 0. The summed E-state index contributed by atoms with van der Waals surface area (Å²) in [5.41, 5.74) is 3.36. The van der Waals surface area contributed by atoms with Gasteiger partial charge in [-0.3, -0.25) is 0 Å². The number of aliphatic hydroxyl groups is 1. The summed E-state index contributed by atoms with van der Waals surface area (Å²) in [4.78, 5) is 24.6. The topological polar surface area (TPSA) is 72.8 Å². The zero-order valence-corrected chi connectivity index (χ0v) is 16.1. The molecule has 0 bridgehead atoms. The highest BCUT2D eigenvalue weighted by atomic mass is 16.5. The molecule has 1 unspecified atom stereocenters. The van der Waals surface area contributed by atoms with Crippen LogP contribution in [-0.4, -0.2) is 23.1 Å². The van der Waals surface area contributed by atoms with E-state index >= 15 is 0 Å². The molecular weight excluding hydrogens is 356 g/mol. The first-order valence-corrected chi connectivity index (χ1v) is 9.03. The highest BCUT2D eigenvalue weighted by Crippen LogP contribution is 2.30. The van der Waals surface area contributed by atoms with E-state index in [0.717, 1.165) is 5.56 Å². The number of benzene rings is 2. The molecule has 2 aromatic rings. The number of rotatable bonds is 4. The third-order valence-corrected chi connectivity index (χ3v) is 4.69. The summed E-state index contributed by atoms with van der Waals surface area (Å²) in [5.74, 6) is -0.112. The molecule has 1 aliphatic rings. The highest BCUT2D eigenvalue weighted by Gasteiger charge is 2.18. The summed E-state index contributed by atoms with van der Waals surface area (Å²) in [6, 6.07) is 10.4. The molecule has 2 aromatic carbocycles. The zero-order valence-electron chi connectivity index (χ0n) is 16.1. The van der Waals surface area contributed by atoms with Crippen molar-refractivity contribution < 1.29 is 24.2 Å². The largest absolute Gasteiger partial charge is 0.423 e. The van der Waals surface area contributed by atoms with Gasteiger partial charge in [-0.05, 0) is 68.7 Å². The van der Waals surface area contributed by atoms with E-state index in [9.17, 15) is 14.7 Å². The Hall–Kier alpha value is -3.18. The lowest BCUT2D eigenvalue weighted by atomic mass is 10.1. The minimum absolute atomic E-state index is 0.382. The molecule has 5 nitrogen and oxygen atoms in total. The third-order valence-electron chi connectivity index (χ3n) is 4.69. The van der Waals surface area contributed by atoms with Crippen LogP contribution in [0.5, 0.6) is 11.5 Å². The third kappa shape index (κ3) is 4.38. The van der Waals surface area contributed by atoms with Crippen molar-refractivity contribution in [3.8, 4) is 11.5 Å². The van der Waals surface area contributed by atoms with Crippen LogP contribution in [0.1, 0.15) is 33.5 Å². The molecule has 3 rings (SSSR count). The normalized spacial score (nSPS) is 15.7. The molecule has 1 N–H and O–H groups in total. The van der Waals surface area contributed by atoms with Crippen LogP contribution in [0.3, 0.4) is 0 Å². The van der Waals surface area contributed by atoms with Gasteiger partial charge in [-0.25, -0.2) is 9.59 Å². The van der Waals surface area contributed by atoms with Crippen molar-refractivity contribution in [1.82, 2.24) is 0 Å². The molecule has 0 aromatic heterocycles. The monoisotopic (exact) mass is 378 g/mol. The van der Waals surface area contributed by atoms with Gasteiger partial charge in [-0.2, -0.15) is 0 Å². The molecule has 144 valence electrons. The Kier molecular flexibility index (Phi) is 5.76. The van der Waals surface area contributed by atoms with Gasteiger partial charge in [-0.15, -0.1) is 0 Å². The van der Waals surface area contributed by atoms with Crippen LogP contribution in [-0.2, 0) is 4.79 Å². The lowest BCUT2D eigenvalue weighted by molar-refractivity contribution is -0.129. The van der Waals surface area contributed by atoms with Crippen molar-refractivity contribution in [1.29, 1.82) is 0 Å². The molecule has 0 amide bonds. The van der Waals surface area contributed by atoms with Crippen molar-refractivity contribution in [2.75, 3.05) is 0 Å². The number of aliphatic hydroxyl groups excluding tert-OH is 1. The minimum atomic E-state index is -0.567. The Balaban J connectivity index is 1.74. The van der Waals surface area contributed by atoms with E-state index in [4.69, 9.17) is 9.47 Å². The smallest absolute Gasteiger partial charge is 0.343 e. The molecule has 0 saturated heterocycles. The molecule has 0 aliphatic heterocycles. The second-order valence-corrected chi connectivity index (χ2v) is 6.78. The number of carbonyl (C=O) groups excluding carboxylic acids is 2. The summed E-state index contributed by atoms with van der Waals surface area (Å²) in [6.45, 7) is 5.56. The van der Waals surface area contributed by atoms with E-state index < -0.39 is 18.0 Å². The van der Waals surface area contributed by atoms with Crippen molar-refractivity contribution in [3.05, 3.63) is 82.5 Å². The van der Waals surface area contributed by atoms with Gasteiger partial charge in [0.25, 0.3) is 0 Å². The van der Waals surface area contributed by atoms with E-state index in [1.165, 1.54) is 0 Å². The van der Waals surface area contributed by atoms with E-state index in [1.807, 2.05) is 19.1 Å². The van der Waals surface area contributed by atoms with Crippen LogP contribution in [0.2, 0.25) is 0 Å². The standard InChI is InChI=1S/C23H22O5/c1-14-4-6-17(7-5-14)22(25)27-20-12-13-21(16(3)15(20)2)28-23(26)18-8-10-19(24)11-9-18/h4-10,12-13,19,24H,11H2,1-3H3. The molecule has 1 atom stereocenters. The maximum atomic E-state index is 12.3. The van der Waals surface area contributed by atoms with Gasteiger partial charge in [-0.1, -0.05) is 29.8 Å². The predicted molar refractivity (Wildman–Crippen MR) is 106 cm³/mol. The second kappa shape index (κ2) is 8.23. The fraction of sp³-hybridized carbons (Fsp3) is 0.217. The average molecular weight is 378 g/mol. The van der Waals surface area contributed by atoms with Crippen molar-refractivity contribution in [2.45, 2.75) is 33.3 Å². The van der Waals surface area contributed by atoms with Crippen LogP contribution in [0.4, 0.5) is 0 Å². The molecule has 0 spiro atoms. The molecule has 1 aliphatic carbocycles. The number of hydrogen-bond donors (Lipinski definition) is 1.